The summed E-state index contributed by atoms with van der Waals surface area (Å²) >= 11 is 0. The number of carbonyl (C=O) groups excluding carboxylic acids is 3. The average Bonchev–Trinajstić information content (AvgIpc) is 2.84. The Bertz CT molecular complexity index is 551. The van der Waals surface area contributed by atoms with E-state index in [1.807, 2.05) is 20.8 Å². The zero-order chi connectivity index (χ0) is 16.7. The molecule has 1 heterocycles. The Balaban J connectivity index is 2.54. The molecule has 0 spiro atoms. The van der Waals surface area contributed by atoms with E-state index in [2.05, 4.69) is 15.8 Å². The van der Waals surface area contributed by atoms with Gasteiger partial charge in [0.15, 0.2) is 12.4 Å². The third kappa shape index (κ3) is 4.87. The van der Waals surface area contributed by atoms with E-state index in [4.69, 9.17) is 9.26 Å². The first-order chi connectivity index (χ1) is 10.4. The van der Waals surface area contributed by atoms with E-state index < -0.39 is 24.5 Å². The maximum atomic E-state index is 12.0. The summed E-state index contributed by atoms with van der Waals surface area (Å²) in [7, 11) is 0. The molecule has 22 heavy (non-hydrogen) atoms. The van der Waals surface area contributed by atoms with Crippen molar-refractivity contribution in [1.29, 1.82) is 0 Å². The molecule has 1 rings (SSSR count). The molecule has 0 aliphatic heterocycles. The summed E-state index contributed by atoms with van der Waals surface area (Å²) in [6.07, 6.45) is 0.751. The summed E-state index contributed by atoms with van der Waals surface area (Å²) in [6, 6.07) is -0.619. The predicted molar refractivity (Wildman–Crippen MR) is 77.4 cm³/mol. The van der Waals surface area contributed by atoms with E-state index in [1.54, 1.807) is 6.92 Å². The van der Waals surface area contributed by atoms with E-state index in [0.717, 1.165) is 6.42 Å². The Labute approximate surface area is 128 Å². The maximum absolute atomic E-state index is 12.0. The number of hydrogen-bond donors (Lipinski definition) is 2. The molecule has 0 bridgehead atoms. The van der Waals surface area contributed by atoms with Crippen LogP contribution in [-0.2, 0) is 9.53 Å². The van der Waals surface area contributed by atoms with E-state index >= 15 is 0 Å². The van der Waals surface area contributed by atoms with Crippen molar-refractivity contribution in [2.75, 3.05) is 13.2 Å². The van der Waals surface area contributed by atoms with Crippen LogP contribution in [0.25, 0.3) is 0 Å². The Morgan fingerprint density at radius 2 is 2.00 bits per heavy atom. The minimum absolute atomic E-state index is 0.0441. The summed E-state index contributed by atoms with van der Waals surface area (Å²) < 4.78 is 9.97. The van der Waals surface area contributed by atoms with Gasteiger partial charge in [-0.3, -0.25) is 10.1 Å². The van der Waals surface area contributed by atoms with Gasteiger partial charge in [0.25, 0.3) is 5.91 Å². The van der Waals surface area contributed by atoms with Crippen molar-refractivity contribution in [2.24, 2.45) is 0 Å². The molecule has 0 fully saturated rings. The van der Waals surface area contributed by atoms with Gasteiger partial charge < -0.3 is 14.6 Å². The third-order valence-corrected chi connectivity index (χ3v) is 2.74. The largest absolute Gasteiger partial charge is 0.452 e. The molecule has 8 nitrogen and oxygen atoms in total. The normalized spacial score (nSPS) is 10.4. The van der Waals surface area contributed by atoms with Gasteiger partial charge in [-0.1, -0.05) is 25.9 Å². The van der Waals surface area contributed by atoms with Gasteiger partial charge in [-0.05, 0) is 13.3 Å². The Kier molecular flexibility index (Phi) is 6.55. The molecule has 0 radical (unpaired) electrons. The first-order valence-electron chi connectivity index (χ1n) is 7.07. The molecule has 2 N–H and O–H groups in total. The van der Waals surface area contributed by atoms with Crippen LogP contribution in [0.2, 0.25) is 0 Å². The zero-order valence-corrected chi connectivity index (χ0v) is 13.2. The number of urea groups is 1. The molecular formula is C14H21N3O5. The Morgan fingerprint density at radius 3 is 2.59 bits per heavy atom. The highest BCUT2D eigenvalue weighted by atomic mass is 16.5. The summed E-state index contributed by atoms with van der Waals surface area (Å²) in [6.45, 7) is 7.10. The molecule has 0 saturated carbocycles. The molecule has 122 valence electrons. The molecule has 1 aromatic rings. The monoisotopic (exact) mass is 311 g/mol. The van der Waals surface area contributed by atoms with E-state index in [-0.39, 0.29) is 11.5 Å². The molecule has 3 amide bonds. The number of imide groups is 1. The number of esters is 1. The highest BCUT2D eigenvalue weighted by molar-refractivity contribution is 5.97. The predicted octanol–water partition coefficient (Wildman–Crippen LogP) is 1.50. The van der Waals surface area contributed by atoms with Crippen molar-refractivity contribution in [3.8, 4) is 0 Å². The van der Waals surface area contributed by atoms with Crippen molar-refractivity contribution < 1.29 is 23.6 Å². The fraction of sp³-hybridized carbons (Fsp3) is 0.571. The van der Waals surface area contributed by atoms with Crippen molar-refractivity contribution in [3.63, 3.8) is 0 Å². The summed E-state index contributed by atoms with van der Waals surface area (Å²) in [5.74, 6) is -1.05. The van der Waals surface area contributed by atoms with Crippen LogP contribution in [0.4, 0.5) is 4.79 Å². The van der Waals surface area contributed by atoms with Gasteiger partial charge in [0.1, 0.15) is 5.56 Å². The Morgan fingerprint density at radius 1 is 1.32 bits per heavy atom. The van der Waals surface area contributed by atoms with Crippen LogP contribution in [0, 0.1) is 6.92 Å². The number of ether oxygens (including phenoxy) is 1. The van der Waals surface area contributed by atoms with E-state index in [0.29, 0.717) is 18.0 Å². The van der Waals surface area contributed by atoms with Gasteiger partial charge >= 0.3 is 12.0 Å². The molecule has 0 atom stereocenters. The number of aryl methyl sites for hydroxylation is 1. The number of nitrogens with one attached hydrogen (secondary N) is 2. The van der Waals surface area contributed by atoms with Crippen LogP contribution < -0.4 is 10.6 Å². The second kappa shape index (κ2) is 8.16. The van der Waals surface area contributed by atoms with Crippen LogP contribution in [0.1, 0.15) is 54.9 Å². The quantitative estimate of drug-likeness (QED) is 0.770. The molecule has 0 aliphatic carbocycles. The molecule has 8 heteroatoms. The fourth-order valence-corrected chi connectivity index (χ4v) is 1.68. The maximum Gasteiger partial charge on any atom is 0.344 e. The smallest absolute Gasteiger partial charge is 0.344 e. The van der Waals surface area contributed by atoms with Crippen molar-refractivity contribution in [2.45, 2.75) is 40.0 Å². The lowest BCUT2D eigenvalue weighted by Gasteiger charge is -2.07. The van der Waals surface area contributed by atoms with Crippen LogP contribution in [0.5, 0.6) is 0 Å². The molecule has 0 aliphatic rings. The molecule has 0 unspecified atom stereocenters. The average molecular weight is 311 g/mol. The van der Waals surface area contributed by atoms with E-state index in [9.17, 15) is 14.4 Å². The van der Waals surface area contributed by atoms with Gasteiger partial charge in [0.2, 0.25) is 0 Å². The second-order valence-corrected chi connectivity index (χ2v) is 5.04. The number of amides is 3. The molecule has 0 saturated heterocycles. The van der Waals surface area contributed by atoms with Crippen molar-refractivity contribution in [3.05, 3.63) is 17.0 Å². The number of hydrogen-bond acceptors (Lipinski definition) is 6. The lowest BCUT2D eigenvalue weighted by Crippen LogP contribution is -2.41. The minimum atomic E-state index is -0.706. The lowest BCUT2D eigenvalue weighted by atomic mass is 10.1. The summed E-state index contributed by atoms with van der Waals surface area (Å²) in [4.78, 5) is 34.8. The van der Waals surface area contributed by atoms with Crippen LogP contribution in [0.15, 0.2) is 4.52 Å². The number of nitrogens with zero attached hydrogens (tertiary/aromatic N) is 1. The number of aromatic nitrogens is 1. The van der Waals surface area contributed by atoms with Crippen LogP contribution in [-0.4, -0.2) is 36.2 Å². The topological polar surface area (TPSA) is 111 Å². The lowest BCUT2D eigenvalue weighted by molar-refractivity contribution is -0.123. The fourth-order valence-electron chi connectivity index (χ4n) is 1.68. The number of rotatable bonds is 6. The molecule has 1 aromatic heterocycles. The highest BCUT2D eigenvalue weighted by Gasteiger charge is 2.24. The van der Waals surface area contributed by atoms with E-state index in [1.165, 1.54) is 0 Å². The van der Waals surface area contributed by atoms with Gasteiger partial charge in [-0.2, -0.15) is 0 Å². The molecular weight excluding hydrogens is 290 g/mol. The summed E-state index contributed by atoms with van der Waals surface area (Å²) in [5.41, 5.74) is 0.619. The second-order valence-electron chi connectivity index (χ2n) is 5.04. The SMILES string of the molecule is CCCNC(=O)NC(=O)COC(=O)c1c(C)noc1C(C)C. The van der Waals surface area contributed by atoms with Crippen LogP contribution in [0.3, 0.4) is 0 Å². The Hall–Kier alpha value is -2.38. The standard InChI is InChI=1S/C14H21N3O5/c1-5-6-15-14(20)16-10(18)7-21-13(19)11-9(4)17-22-12(11)8(2)3/h8H,5-7H2,1-4H3,(H2,15,16,18,20). The number of carbonyl (C=O) groups is 3. The van der Waals surface area contributed by atoms with Gasteiger partial charge in [-0.25, -0.2) is 9.59 Å². The first kappa shape index (κ1) is 17.7. The van der Waals surface area contributed by atoms with Gasteiger partial charge in [0.05, 0.1) is 5.69 Å². The highest BCUT2D eigenvalue weighted by Crippen LogP contribution is 2.22. The summed E-state index contributed by atoms with van der Waals surface area (Å²) in [5, 5.41) is 8.26. The third-order valence-electron chi connectivity index (χ3n) is 2.74. The minimum Gasteiger partial charge on any atom is -0.452 e. The van der Waals surface area contributed by atoms with Crippen LogP contribution >= 0.6 is 0 Å². The van der Waals surface area contributed by atoms with Crippen molar-refractivity contribution >= 4 is 17.9 Å². The molecule has 0 aromatic carbocycles. The first-order valence-corrected chi connectivity index (χ1v) is 7.07. The zero-order valence-electron chi connectivity index (χ0n) is 13.2. The van der Waals surface area contributed by atoms with Gasteiger partial charge in [0, 0.05) is 12.5 Å². The van der Waals surface area contributed by atoms with Gasteiger partial charge in [-0.15, -0.1) is 0 Å². The van der Waals surface area contributed by atoms with Crippen molar-refractivity contribution in [1.82, 2.24) is 15.8 Å².